The molecule has 4 amide bonds. The van der Waals surface area contributed by atoms with E-state index in [-0.39, 0.29) is 79.6 Å². The number of hydrogen-bond acceptors (Lipinski definition) is 12. The second kappa shape index (κ2) is 26.5. The summed E-state index contributed by atoms with van der Waals surface area (Å²) in [6.45, 7) is 10.8. The molecule has 8 N–H and O–H groups in total. The van der Waals surface area contributed by atoms with Gasteiger partial charge in [0.15, 0.2) is 0 Å². The fourth-order valence-electron chi connectivity index (χ4n) is 3.60. The molecule has 0 bridgehead atoms. The van der Waals surface area contributed by atoms with Crippen LogP contribution in [0.25, 0.3) is 0 Å². The van der Waals surface area contributed by atoms with Crippen LogP contribution < -0.4 is 21.3 Å². The van der Waals surface area contributed by atoms with Gasteiger partial charge in [0.25, 0.3) is 40.5 Å². The minimum atomic E-state index is -4.07. The summed E-state index contributed by atoms with van der Waals surface area (Å²) in [5.41, 5.74) is 0.763. The van der Waals surface area contributed by atoms with E-state index in [0.717, 1.165) is 5.56 Å². The smallest absolute Gasteiger partial charge is 0.267 e. The highest BCUT2D eigenvalue weighted by molar-refractivity contribution is 7.86. The van der Waals surface area contributed by atoms with Gasteiger partial charge in [0.2, 0.25) is 23.6 Å². The first-order valence-electron chi connectivity index (χ1n) is 15.7. The quantitative estimate of drug-likeness (QED) is 0.0958. The molecule has 0 heterocycles. The Labute approximate surface area is 312 Å². The second-order valence-corrected chi connectivity index (χ2v) is 18.3. The maximum Gasteiger partial charge on any atom is 0.267 e. The predicted molar refractivity (Wildman–Crippen MR) is 197 cm³/mol. The van der Waals surface area contributed by atoms with Crippen LogP contribution in [0.1, 0.15) is 72.8 Å². The fourth-order valence-corrected chi connectivity index (χ4v) is 6.32. The zero-order chi connectivity index (χ0) is 42.2. The monoisotopic (exact) mass is 842 g/mol. The maximum absolute atomic E-state index is 10.9. The van der Waals surface area contributed by atoms with Crippen LogP contribution in [0, 0.1) is 5.92 Å². The Morgan fingerprint density at radius 3 is 1.43 bits per heavy atom. The molecule has 1 aromatic carbocycles. The van der Waals surface area contributed by atoms with Gasteiger partial charge in [0, 0.05) is 59.3 Å². The van der Waals surface area contributed by atoms with Crippen molar-refractivity contribution in [1.82, 2.24) is 21.3 Å². The standard InChI is InChI=1S/C11H15NO4S.3C6H13NO4S/c1-9(13)12-7-11(8-17(14,15)16)10-5-3-2-4-6-10;1-5(3-7-6(2)8)4-12(9,10)11;1-5(7-6(2)8)3-4-12(9,10)11;1-5(12(9,10)11)3-4-7-6(2)8/h2-6,11H,7-8H2,1H3,(H,12,13)(H,14,15,16);3*5H,3-4H2,1-2H3,(H,7,8)(H,9,10,11). The lowest BCUT2D eigenvalue weighted by Gasteiger charge is -2.15. The normalized spacial score (nSPS) is 13.6. The molecule has 1 rings (SSSR count). The number of hydrogen-bond donors (Lipinski definition) is 8. The van der Waals surface area contributed by atoms with Gasteiger partial charge in [0.1, 0.15) is 0 Å². The Bertz CT molecular complexity index is 1700. The van der Waals surface area contributed by atoms with Crippen LogP contribution in [0.4, 0.5) is 0 Å². The van der Waals surface area contributed by atoms with Crippen molar-refractivity contribution in [3.05, 3.63) is 35.9 Å². The molecule has 0 spiro atoms. The van der Waals surface area contributed by atoms with E-state index in [1.165, 1.54) is 34.6 Å². The summed E-state index contributed by atoms with van der Waals surface area (Å²) < 4.78 is 118. The van der Waals surface area contributed by atoms with Gasteiger partial charge >= 0.3 is 0 Å². The van der Waals surface area contributed by atoms with Gasteiger partial charge in [-0.15, -0.1) is 0 Å². The average molecular weight is 843 g/mol. The maximum atomic E-state index is 10.9. The third-order valence-electron chi connectivity index (χ3n) is 6.17. The molecule has 0 fully saturated rings. The highest BCUT2D eigenvalue weighted by Crippen LogP contribution is 2.16. The van der Waals surface area contributed by atoms with E-state index in [4.69, 9.17) is 18.2 Å². The minimum absolute atomic E-state index is 0.180. The molecule has 20 nitrogen and oxygen atoms in total. The van der Waals surface area contributed by atoms with Gasteiger partial charge in [-0.25, -0.2) is 0 Å². The van der Waals surface area contributed by atoms with Gasteiger partial charge in [-0.1, -0.05) is 37.3 Å². The van der Waals surface area contributed by atoms with Crippen LogP contribution in [0.2, 0.25) is 0 Å². The van der Waals surface area contributed by atoms with Gasteiger partial charge < -0.3 is 21.3 Å². The lowest BCUT2D eigenvalue weighted by Crippen LogP contribution is -2.31. The van der Waals surface area contributed by atoms with Crippen molar-refractivity contribution < 1.29 is 71.1 Å². The Morgan fingerprint density at radius 2 is 1.06 bits per heavy atom. The van der Waals surface area contributed by atoms with Gasteiger partial charge in [-0.3, -0.25) is 37.4 Å². The van der Waals surface area contributed by atoms with E-state index >= 15 is 0 Å². The molecule has 0 saturated carbocycles. The van der Waals surface area contributed by atoms with Gasteiger partial charge in [-0.2, -0.15) is 33.7 Å². The number of carbonyl (C=O) groups excluding carboxylic acids is 4. The van der Waals surface area contributed by atoms with Crippen molar-refractivity contribution in [2.45, 2.75) is 78.5 Å². The lowest BCUT2D eigenvalue weighted by molar-refractivity contribution is -0.120. The molecule has 53 heavy (non-hydrogen) atoms. The number of carbonyl (C=O) groups is 4. The fraction of sp³-hybridized carbons (Fsp3) is 0.655. The topological polar surface area (TPSA) is 334 Å². The van der Waals surface area contributed by atoms with Gasteiger partial charge in [-0.05, 0) is 38.2 Å². The molecule has 24 heteroatoms. The van der Waals surface area contributed by atoms with Crippen LogP contribution in [-0.2, 0) is 59.7 Å². The summed E-state index contributed by atoms with van der Waals surface area (Å²) in [7, 11) is -15.9. The van der Waals surface area contributed by atoms with E-state index in [1.54, 1.807) is 38.1 Å². The van der Waals surface area contributed by atoms with Crippen molar-refractivity contribution in [2.24, 2.45) is 5.92 Å². The second-order valence-electron chi connectivity index (χ2n) is 11.9. The zero-order valence-electron chi connectivity index (χ0n) is 30.7. The van der Waals surface area contributed by atoms with E-state index in [2.05, 4.69) is 21.3 Å². The molecule has 0 radical (unpaired) electrons. The molecule has 310 valence electrons. The first kappa shape index (κ1) is 54.1. The van der Waals surface area contributed by atoms with Crippen LogP contribution in [-0.4, -0.2) is 124 Å². The summed E-state index contributed by atoms with van der Waals surface area (Å²) >= 11 is 0. The molecule has 0 aliphatic rings. The Morgan fingerprint density at radius 1 is 0.604 bits per heavy atom. The third-order valence-corrected chi connectivity index (χ3v) is 9.98. The Balaban J connectivity index is -0.000000639. The van der Waals surface area contributed by atoms with E-state index in [1.807, 2.05) is 6.07 Å². The molecular formula is C29H54N4O16S4. The SMILES string of the molecule is CC(=O)NC(C)CCS(=O)(=O)O.CC(=O)NCC(C)CS(=O)(=O)O.CC(=O)NCC(CS(=O)(=O)O)c1ccccc1.CC(=O)NCCC(C)S(=O)(=O)O. The third kappa shape index (κ3) is 41.4. The largest absolute Gasteiger partial charge is 0.356 e. The Kier molecular flexibility index (Phi) is 27.0. The summed E-state index contributed by atoms with van der Waals surface area (Å²) in [5.74, 6) is -2.65. The zero-order valence-corrected chi connectivity index (χ0v) is 33.9. The van der Waals surface area contributed by atoms with Crippen molar-refractivity contribution in [3.63, 3.8) is 0 Å². The highest BCUT2D eigenvalue weighted by Gasteiger charge is 2.19. The van der Waals surface area contributed by atoms with Crippen LogP contribution in [0.5, 0.6) is 0 Å². The van der Waals surface area contributed by atoms with Crippen molar-refractivity contribution in [1.29, 1.82) is 0 Å². The van der Waals surface area contributed by atoms with E-state index in [9.17, 15) is 52.8 Å². The predicted octanol–water partition coefficient (Wildman–Crippen LogP) is 0.0183. The molecule has 1 aromatic rings. The lowest BCUT2D eigenvalue weighted by atomic mass is 10.0. The van der Waals surface area contributed by atoms with Crippen LogP contribution in [0.15, 0.2) is 30.3 Å². The molecule has 0 aliphatic heterocycles. The first-order chi connectivity index (χ1) is 23.8. The van der Waals surface area contributed by atoms with Crippen molar-refractivity contribution in [3.8, 4) is 0 Å². The molecule has 0 aliphatic carbocycles. The van der Waals surface area contributed by atoms with Crippen LogP contribution in [0.3, 0.4) is 0 Å². The van der Waals surface area contributed by atoms with E-state index in [0.29, 0.717) is 0 Å². The van der Waals surface area contributed by atoms with Crippen LogP contribution >= 0.6 is 0 Å². The molecule has 4 unspecified atom stereocenters. The van der Waals surface area contributed by atoms with Crippen molar-refractivity contribution in [2.75, 3.05) is 36.9 Å². The number of amides is 4. The average Bonchev–Trinajstić information content (AvgIpc) is 2.96. The molecule has 4 atom stereocenters. The first-order valence-corrected chi connectivity index (χ1v) is 22.0. The van der Waals surface area contributed by atoms with E-state index < -0.39 is 57.4 Å². The summed E-state index contributed by atoms with van der Waals surface area (Å²) in [6, 6.07) is 8.66. The summed E-state index contributed by atoms with van der Waals surface area (Å²) in [6.07, 6.45) is 0.441. The summed E-state index contributed by atoms with van der Waals surface area (Å²) in [4.78, 5) is 42.0. The van der Waals surface area contributed by atoms with Crippen molar-refractivity contribution >= 4 is 64.1 Å². The number of rotatable bonds is 17. The molecule has 0 aromatic heterocycles. The number of benzene rings is 1. The van der Waals surface area contributed by atoms with Gasteiger partial charge in [0.05, 0.1) is 22.5 Å². The highest BCUT2D eigenvalue weighted by atomic mass is 32.2. The summed E-state index contributed by atoms with van der Waals surface area (Å²) in [5, 5.41) is 9.11. The number of nitrogens with one attached hydrogen (secondary N) is 4. The molecular weight excluding hydrogens is 789 g/mol. The molecule has 0 saturated heterocycles. The minimum Gasteiger partial charge on any atom is -0.356 e. The Hall–Kier alpha value is -3.26.